The fourth-order valence-corrected chi connectivity index (χ4v) is 1.53. The summed E-state index contributed by atoms with van der Waals surface area (Å²) in [6, 6.07) is 7.40. The molecule has 0 spiro atoms. The largest absolute Gasteiger partial charge is 0.338 e. The van der Waals surface area contributed by atoms with Crippen LogP contribution in [0.4, 0.5) is 10.5 Å². The molecule has 2 N–H and O–H groups in total. The number of carbonyl (C=O) groups excluding carboxylic acids is 1. The van der Waals surface area contributed by atoms with Crippen molar-refractivity contribution in [2.24, 2.45) is 5.92 Å². The van der Waals surface area contributed by atoms with Crippen LogP contribution in [0, 0.1) is 5.92 Å². The van der Waals surface area contributed by atoms with Crippen LogP contribution in [-0.2, 0) is 0 Å². The lowest BCUT2D eigenvalue weighted by atomic mass is 10.3. The molecule has 1 aliphatic carbocycles. The Labute approximate surface area is 97.4 Å². The summed E-state index contributed by atoms with van der Waals surface area (Å²) >= 11 is 3.34. The fourth-order valence-electron chi connectivity index (χ4n) is 1.27. The van der Waals surface area contributed by atoms with E-state index in [4.69, 9.17) is 0 Å². The lowest BCUT2D eigenvalue weighted by molar-refractivity contribution is 0.251. The van der Waals surface area contributed by atoms with Crippen LogP contribution < -0.4 is 10.6 Å². The van der Waals surface area contributed by atoms with Crippen LogP contribution in [0.15, 0.2) is 28.7 Å². The van der Waals surface area contributed by atoms with E-state index in [9.17, 15) is 4.79 Å². The van der Waals surface area contributed by atoms with Crippen molar-refractivity contribution in [3.63, 3.8) is 0 Å². The van der Waals surface area contributed by atoms with Crippen molar-refractivity contribution in [3.8, 4) is 0 Å². The van der Waals surface area contributed by atoms with Crippen molar-refractivity contribution in [1.29, 1.82) is 0 Å². The first kappa shape index (κ1) is 10.5. The average Bonchev–Trinajstić information content (AvgIpc) is 3.02. The summed E-state index contributed by atoms with van der Waals surface area (Å²) in [5, 5.41) is 5.63. The summed E-state index contributed by atoms with van der Waals surface area (Å²) in [5.74, 6) is 0.709. The highest BCUT2D eigenvalue weighted by Crippen LogP contribution is 2.27. The molecular formula is C11H13BrN2O. The number of carbonyl (C=O) groups is 1. The molecule has 1 aromatic rings. The van der Waals surface area contributed by atoms with Gasteiger partial charge in [0.2, 0.25) is 0 Å². The van der Waals surface area contributed by atoms with Crippen molar-refractivity contribution in [2.75, 3.05) is 11.9 Å². The number of hydrogen-bond donors (Lipinski definition) is 2. The first-order chi connectivity index (χ1) is 7.24. The normalized spacial score (nSPS) is 14.7. The van der Waals surface area contributed by atoms with Crippen molar-refractivity contribution < 1.29 is 4.79 Å². The van der Waals surface area contributed by atoms with Crippen LogP contribution >= 0.6 is 15.9 Å². The minimum Gasteiger partial charge on any atom is -0.338 e. The number of rotatable bonds is 3. The quantitative estimate of drug-likeness (QED) is 0.870. The van der Waals surface area contributed by atoms with Crippen LogP contribution in [0.25, 0.3) is 0 Å². The van der Waals surface area contributed by atoms with Crippen molar-refractivity contribution in [1.82, 2.24) is 5.32 Å². The van der Waals surface area contributed by atoms with Gasteiger partial charge in [-0.15, -0.1) is 0 Å². The Hall–Kier alpha value is -1.03. The maximum Gasteiger partial charge on any atom is 0.319 e. The molecule has 0 heterocycles. The van der Waals surface area contributed by atoms with Gasteiger partial charge in [0, 0.05) is 16.7 Å². The molecule has 1 aliphatic rings. The summed E-state index contributed by atoms with van der Waals surface area (Å²) in [4.78, 5) is 11.4. The topological polar surface area (TPSA) is 41.1 Å². The van der Waals surface area contributed by atoms with Crippen molar-refractivity contribution in [2.45, 2.75) is 12.8 Å². The van der Waals surface area contributed by atoms with Crippen molar-refractivity contribution in [3.05, 3.63) is 28.7 Å². The molecular weight excluding hydrogens is 256 g/mol. The van der Waals surface area contributed by atoms with Crippen LogP contribution in [0.2, 0.25) is 0 Å². The molecule has 0 aromatic heterocycles. The van der Waals surface area contributed by atoms with Gasteiger partial charge in [0.25, 0.3) is 0 Å². The summed E-state index contributed by atoms with van der Waals surface area (Å²) in [7, 11) is 0. The molecule has 80 valence electrons. The van der Waals surface area contributed by atoms with Gasteiger partial charge in [-0.2, -0.15) is 0 Å². The monoisotopic (exact) mass is 268 g/mol. The molecule has 2 rings (SSSR count). The smallest absolute Gasteiger partial charge is 0.319 e. The van der Waals surface area contributed by atoms with Gasteiger partial charge in [-0.3, -0.25) is 0 Å². The molecule has 0 saturated heterocycles. The molecule has 15 heavy (non-hydrogen) atoms. The Morgan fingerprint density at radius 1 is 1.33 bits per heavy atom. The van der Waals surface area contributed by atoms with Gasteiger partial charge in [0.05, 0.1) is 0 Å². The highest BCUT2D eigenvalue weighted by atomic mass is 79.9. The highest BCUT2D eigenvalue weighted by molar-refractivity contribution is 9.10. The van der Waals surface area contributed by atoms with Crippen LogP contribution in [0.5, 0.6) is 0 Å². The fraction of sp³-hybridized carbons (Fsp3) is 0.364. The number of nitrogens with one attached hydrogen (secondary N) is 2. The van der Waals surface area contributed by atoms with Gasteiger partial charge in [-0.25, -0.2) is 4.79 Å². The maximum atomic E-state index is 11.4. The Balaban J connectivity index is 1.79. The third-order valence-corrected chi connectivity index (χ3v) is 2.88. The van der Waals surface area contributed by atoms with E-state index in [0.717, 1.165) is 16.7 Å². The second kappa shape index (κ2) is 4.66. The molecule has 0 unspecified atom stereocenters. The first-order valence-electron chi connectivity index (χ1n) is 5.04. The van der Waals surface area contributed by atoms with Gasteiger partial charge in [-0.1, -0.05) is 15.9 Å². The lowest BCUT2D eigenvalue weighted by Crippen LogP contribution is -2.30. The summed E-state index contributed by atoms with van der Waals surface area (Å²) in [6.07, 6.45) is 2.50. The van der Waals surface area contributed by atoms with E-state index in [0.29, 0.717) is 5.92 Å². The molecule has 1 aromatic carbocycles. The van der Waals surface area contributed by atoms with Crippen molar-refractivity contribution >= 4 is 27.6 Å². The van der Waals surface area contributed by atoms with Gasteiger partial charge < -0.3 is 10.6 Å². The molecule has 0 radical (unpaired) electrons. The molecule has 3 nitrogen and oxygen atoms in total. The van der Waals surface area contributed by atoms with E-state index in [1.54, 1.807) is 0 Å². The zero-order chi connectivity index (χ0) is 10.7. The molecule has 0 atom stereocenters. The third-order valence-electron chi connectivity index (χ3n) is 2.35. The lowest BCUT2D eigenvalue weighted by Gasteiger charge is -2.06. The SMILES string of the molecule is O=C(NCC1CC1)Nc1ccc(Br)cc1. The first-order valence-corrected chi connectivity index (χ1v) is 5.84. The predicted molar refractivity (Wildman–Crippen MR) is 63.9 cm³/mol. The Bertz CT molecular complexity index is 346. The Morgan fingerprint density at radius 2 is 2.00 bits per heavy atom. The molecule has 0 bridgehead atoms. The van der Waals surface area contributed by atoms with Gasteiger partial charge >= 0.3 is 6.03 Å². The van der Waals surface area contributed by atoms with Gasteiger partial charge in [-0.05, 0) is 43.0 Å². The number of anilines is 1. The van der Waals surface area contributed by atoms with E-state index in [1.807, 2.05) is 24.3 Å². The molecule has 1 saturated carbocycles. The van der Waals surface area contributed by atoms with E-state index in [2.05, 4.69) is 26.6 Å². The molecule has 1 fully saturated rings. The van der Waals surface area contributed by atoms with Gasteiger partial charge in [0.1, 0.15) is 0 Å². The number of benzene rings is 1. The van der Waals surface area contributed by atoms with Crippen LogP contribution in [0.1, 0.15) is 12.8 Å². The second-order valence-corrected chi connectivity index (χ2v) is 4.70. The Morgan fingerprint density at radius 3 is 2.60 bits per heavy atom. The number of hydrogen-bond acceptors (Lipinski definition) is 1. The molecule has 4 heteroatoms. The van der Waals surface area contributed by atoms with Crippen LogP contribution in [0.3, 0.4) is 0 Å². The summed E-state index contributed by atoms with van der Waals surface area (Å²) in [6.45, 7) is 0.794. The van der Waals surface area contributed by atoms with Crippen LogP contribution in [-0.4, -0.2) is 12.6 Å². The Kier molecular flexibility index (Phi) is 3.26. The third kappa shape index (κ3) is 3.55. The maximum absolute atomic E-state index is 11.4. The molecule has 2 amide bonds. The summed E-state index contributed by atoms with van der Waals surface area (Å²) in [5.41, 5.74) is 0.812. The number of halogens is 1. The molecule has 0 aliphatic heterocycles. The van der Waals surface area contributed by atoms with E-state index in [-0.39, 0.29) is 6.03 Å². The van der Waals surface area contributed by atoms with Gasteiger partial charge in [0.15, 0.2) is 0 Å². The zero-order valence-electron chi connectivity index (χ0n) is 8.29. The number of amides is 2. The van der Waals surface area contributed by atoms with E-state index < -0.39 is 0 Å². The second-order valence-electron chi connectivity index (χ2n) is 3.79. The average molecular weight is 269 g/mol. The predicted octanol–water partition coefficient (Wildman–Crippen LogP) is 2.98. The minimum absolute atomic E-state index is 0.121. The highest BCUT2D eigenvalue weighted by Gasteiger charge is 2.21. The standard InChI is InChI=1S/C11H13BrN2O/c12-9-3-5-10(6-4-9)14-11(15)13-7-8-1-2-8/h3-6,8H,1-2,7H2,(H2,13,14,15). The zero-order valence-corrected chi connectivity index (χ0v) is 9.88. The number of urea groups is 1. The van der Waals surface area contributed by atoms with E-state index >= 15 is 0 Å². The minimum atomic E-state index is -0.121. The summed E-state index contributed by atoms with van der Waals surface area (Å²) < 4.78 is 1.01. The van der Waals surface area contributed by atoms with E-state index in [1.165, 1.54) is 12.8 Å².